The number of Topliss-reactive ketones (excluding diaryl/α,β-unsaturated/α-hetero) is 1. The van der Waals surface area contributed by atoms with Crippen molar-refractivity contribution >= 4 is 46.3 Å². The number of carbonyl (C=O) groups excluding carboxylic acids is 2. The first-order valence-electron chi connectivity index (χ1n) is 9.81. The van der Waals surface area contributed by atoms with Gasteiger partial charge in [0.15, 0.2) is 0 Å². The zero-order valence-electron chi connectivity index (χ0n) is 17.3. The second-order valence-electron chi connectivity index (χ2n) is 7.66. The van der Waals surface area contributed by atoms with Crippen molar-refractivity contribution < 1.29 is 19.8 Å². The number of rotatable bonds is 3. The van der Waals surface area contributed by atoms with Crippen LogP contribution in [0, 0.1) is 13.8 Å². The van der Waals surface area contributed by atoms with Crippen LogP contribution in [0.5, 0.6) is 5.75 Å². The van der Waals surface area contributed by atoms with E-state index in [9.17, 15) is 19.8 Å². The van der Waals surface area contributed by atoms with E-state index < -0.39 is 17.7 Å². The Labute approximate surface area is 195 Å². The van der Waals surface area contributed by atoms with Crippen LogP contribution in [0.15, 0.2) is 66.2 Å². The number of phenolic OH excluding ortho intramolecular Hbond substituents is 1. The predicted octanol–water partition coefficient (Wildman–Crippen LogP) is 5.94. The molecule has 32 heavy (non-hydrogen) atoms. The van der Waals surface area contributed by atoms with Gasteiger partial charge in [-0.1, -0.05) is 41.4 Å². The van der Waals surface area contributed by atoms with Gasteiger partial charge in [0, 0.05) is 16.3 Å². The highest BCUT2D eigenvalue weighted by molar-refractivity contribution is 6.51. The molecule has 0 spiro atoms. The Kier molecular flexibility index (Phi) is 5.71. The molecule has 162 valence electrons. The number of halogens is 2. The topological polar surface area (TPSA) is 77.8 Å². The molecule has 1 amide bonds. The molecule has 1 heterocycles. The van der Waals surface area contributed by atoms with Crippen LogP contribution in [-0.2, 0) is 9.59 Å². The zero-order valence-corrected chi connectivity index (χ0v) is 18.8. The summed E-state index contributed by atoms with van der Waals surface area (Å²) in [5.41, 5.74) is 3.24. The molecule has 1 unspecified atom stereocenters. The van der Waals surface area contributed by atoms with Crippen LogP contribution < -0.4 is 4.90 Å². The van der Waals surface area contributed by atoms with Crippen molar-refractivity contribution in [2.75, 3.05) is 4.90 Å². The average Bonchev–Trinajstić information content (AvgIpc) is 3.03. The zero-order chi connectivity index (χ0) is 23.2. The lowest BCUT2D eigenvalue weighted by atomic mass is 9.94. The Morgan fingerprint density at radius 1 is 0.906 bits per heavy atom. The fraction of sp³-hybridized carbons (Fsp3) is 0.120. The number of benzene rings is 3. The Balaban J connectivity index is 1.97. The van der Waals surface area contributed by atoms with Crippen molar-refractivity contribution in [2.24, 2.45) is 0 Å². The summed E-state index contributed by atoms with van der Waals surface area (Å²) in [4.78, 5) is 27.5. The maximum Gasteiger partial charge on any atom is 0.300 e. The van der Waals surface area contributed by atoms with Crippen molar-refractivity contribution in [3.8, 4) is 5.75 Å². The quantitative estimate of drug-likeness (QED) is 0.283. The monoisotopic (exact) mass is 467 g/mol. The minimum Gasteiger partial charge on any atom is -0.507 e. The van der Waals surface area contributed by atoms with E-state index in [1.807, 2.05) is 19.9 Å². The molecule has 0 bridgehead atoms. The number of hydrogen-bond donors (Lipinski definition) is 2. The Bertz CT molecular complexity index is 1280. The highest BCUT2D eigenvalue weighted by Crippen LogP contribution is 2.43. The normalized spacial score (nSPS) is 17.8. The summed E-state index contributed by atoms with van der Waals surface area (Å²) >= 11 is 12.1. The molecule has 0 aromatic heterocycles. The van der Waals surface area contributed by atoms with Crippen molar-refractivity contribution in [1.82, 2.24) is 0 Å². The number of aliphatic hydroxyl groups is 1. The number of ketones is 1. The fourth-order valence-electron chi connectivity index (χ4n) is 3.75. The number of phenols is 1. The third-order valence-corrected chi connectivity index (χ3v) is 6.17. The highest BCUT2D eigenvalue weighted by Gasteiger charge is 2.47. The number of aromatic hydroxyl groups is 1. The number of carbonyl (C=O) groups is 2. The molecule has 1 atom stereocenters. The van der Waals surface area contributed by atoms with Gasteiger partial charge < -0.3 is 10.2 Å². The van der Waals surface area contributed by atoms with Gasteiger partial charge in [-0.2, -0.15) is 0 Å². The number of amides is 1. The van der Waals surface area contributed by atoms with Crippen molar-refractivity contribution in [2.45, 2.75) is 19.9 Å². The summed E-state index contributed by atoms with van der Waals surface area (Å²) < 4.78 is 0. The second-order valence-corrected chi connectivity index (χ2v) is 8.50. The van der Waals surface area contributed by atoms with Crippen LogP contribution in [0.25, 0.3) is 5.76 Å². The third-order valence-electron chi connectivity index (χ3n) is 5.62. The number of hydrogen-bond acceptors (Lipinski definition) is 4. The Morgan fingerprint density at radius 3 is 2.22 bits per heavy atom. The van der Waals surface area contributed by atoms with Crippen LogP contribution in [0.2, 0.25) is 10.0 Å². The summed E-state index contributed by atoms with van der Waals surface area (Å²) in [7, 11) is 0. The molecule has 5 nitrogen and oxygen atoms in total. The molecule has 1 fully saturated rings. The minimum atomic E-state index is -0.948. The molecule has 3 aromatic carbocycles. The minimum absolute atomic E-state index is 0.0602. The van der Waals surface area contributed by atoms with E-state index in [1.165, 1.54) is 17.0 Å². The standard InChI is InChI=1S/C25H19Cl2NO4/c1-13-3-4-16(11-14(13)2)23(30)21-22(15-5-10-20(29)19(27)12-15)28(25(32)24(21)31)18-8-6-17(26)7-9-18/h3-12,22,29-30H,1-2H3/b23-21-. The number of anilines is 1. The predicted molar refractivity (Wildman–Crippen MR) is 125 cm³/mol. The van der Waals surface area contributed by atoms with Gasteiger partial charge in [0.25, 0.3) is 11.7 Å². The molecule has 7 heteroatoms. The number of aryl methyl sites for hydroxylation is 2. The lowest BCUT2D eigenvalue weighted by Gasteiger charge is -2.25. The first kappa shape index (κ1) is 21.9. The number of aliphatic hydroxyl groups excluding tert-OH is 1. The SMILES string of the molecule is Cc1ccc(/C(O)=C2/C(=O)C(=O)N(c3ccc(Cl)cc3)C2c2ccc(O)c(Cl)c2)cc1C. The molecular formula is C25H19Cl2NO4. The van der Waals surface area contributed by atoms with Crippen LogP contribution in [0.3, 0.4) is 0 Å². The molecule has 0 aliphatic carbocycles. The molecule has 1 saturated heterocycles. The Hall–Kier alpha value is -3.28. The molecule has 4 rings (SSSR count). The van der Waals surface area contributed by atoms with E-state index in [2.05, 4.69) is 0 Å². The van der Waals surface area contributed by atoms with Crippen LogP contribution in [-0.4, -0.2) is 21.9 Å². The van der Waals surface area contributed by atoms with E-state index in [-0.39, 0.29) is 22.1 Å². The van der Waals surface area contributed by atoms with E-state index >= 15 is 0 Å². The lowest BCUT2D eigenvalue weighted by Crippen LogP contribution is -2.29. The van der Waals surface area contributed by atoms with Crippen molar-refractivity contribution in [1.29, 1.82) is 0 Å². The van der Waals surface area contributed by atoms with Gasteiger partial charge in [-0.3, -0.25) is 14.5 Å². The summed E-state index contributed by atoms with van der Waals surface area (Å²) in [6, 6.07) is 15.3. The van der Waals surface area contributed by atoms with E-state index in [1.54, 1.807) is 42.5 Å². The van der Waals surface area contributed by atoms with Crippen LogP contribution in [0.4, 0.5) is 5.69 Å². The second kappa shape index (κ2) is 8.34. The largest absolute Gasteiger partial charge is 0.507 e. The molecule has 2 N–H and O–H groups in total. The van der Waals surface area contributed by atoms with E-state index in [0.29, 0.717) is 21.8 Å². The summed E-state index contributed by atoms with van der Waals surface area (Å²) in [5.74, 6) is -2.01. The van der Waals surface area contributed by atoms with Crippen molar-refractivity contribution in [3.05, 3.63) is 98.5 Å². The first-order chi connectivity index (χ1) is 15.2. The summed E-state index contributed by atoms with van der Waals surface area (Å²) in [6.07, 6.45) is 0. The van der Waals surface area contributed by atoms with Gasteiger partial charge in [-0.25, -0.2) is 0 Å². The third kappa shape index (κ3) is 3.74. The molecule has 3 aromatic rings. The Morgan fingerprint density at radius 2 is 1.59 bits per heavy atom. The molecule has 0 radical (unpaired) electrons. The molecule has 1 aliphatic heterocycles. The fourth-order valence-corrected chi connectivity index (χ4v) is 4.07. The van der Waals surface area contributed by atoms with Crippen LogP contribution >= 0.6 is 23.2 Å². The van der Waals surface area contributed by atoms with Gasteiger partial charge in [0.2, 0.25) is 0 Å². The highest BCUT2D eigenvalue weighted by atomic mass is 35.5. The summed E-state index contributed by atoms with van der Waals surface area (Å²) in [6.45, 7) is 3.84. The van der Waals surface area contributed by atoms with Gasteiger partial charge in [0.05, 0.1) is 16.6 Å². The van der Waals surface area contributed by atoms with Gasteiger partial charge in [0.1, 0.15) is 11.5 Å². The van der Waals surface area contributed by atoms with Gasteiger partial charge in [-0.05, 0) is 73.0 Å². The van der Waals surface area contributed by atoms with E-state index in [0.717, 1.165) is 11.1 Å². The molecule has 1 aliphatic rings. The van der Waals surface area contributed by atoms with Gasteiger partial charge >= 0.3 is 0 Å². The molecular weight excluding hydrogens is 449 g/mol. The summed E-state index contributed by atoms with van der Waals surface area (Å²) in [5, 5.41) is 21.6. The van der Waals surface area contributed by atoms with Gasteiger partial charge in [-0.15, -0.1) is 0 Å². The number of nitrogens with zero attached hydrogens (tertiary/aromatic N) is 1. The first-order valence-corrected chi connectivity index (χ1v) is 10.6. The van der Waals surface area contributed by atoms with Crippen molar-refractivity contribution in [3.63, 3.8) is 0 Å². The maximum absolute atomic E-state index is 13.1. The smallest absolute Gasteiger partial charge is 0.300 e. The average molecular weight is 468 g/mol. The lowest BCUT2D eigenvalue weighted by molar-refractivity contribution is -0.132. The van der Waals surface area contributed by atoms with E-state index in [4.69, 9.17) is 23.2 Å². The maximum atomic E-state index is 13.1. The molecule has 0 saturated carbocycles. The van der Waals surface area contributed by atoms with Crippen LogP contribution in [0.1, 0.15) is 28.3 Å².